The second-order valence-corrected chi connectivity index (χ2v) is 6.57. The van der Waals surface area contributed by atoms with E-state index in [4.69, 9.17) is 14.2 Å². The summed E-state index contributed by atoms with van der Waals surface area (Å²) in [5.41, 5.74) is 1.51. The van der Waals surface area contributed by atoms with E-state index >= 15 is 0 Å². The van der Waals surface area contributed by atoms with Crippen molar-refractivity contribution in [3.8, 4) is 11.5 Å². The monoisotopic (exact) mass is 402 g/mol. The molecule has 29 heavy (non-hydrogen) atoms. The van der Waals surface area contributed by atoms with Gasteiger partial charge in [0, 0.05) is 18.2 Å². The average molecular weight is 402 g/mol. The van der Waals surface area contributed by atoms with Crippen LogP contribution in [0.4, 0.5) is 4.39 Å². The molecule has 2 aromatic carbocycles. The summed E-state index contributed by atoms with van der Waals surface area (Å²) in [7, 11) is 3.09. The van der Waals surface area contributed by atoms with Crippen LogP contribution in [-0.2, 0) is 27.4 Å². The summed E-state index contributed by atoms with van der Waals surface area (Å²) in [5.74, 6) is 0.235. The number of morpholine rings is 1. The largest absolute Gasteiger partial charge is 0.497 e. The maximum absolute atomic E-state index is 13.0. The number of carbonyl (C=O) groups is 2. The molecule has 7 nitrogen and oxygen atoms in total. The minimum absolute atomic E-state index is 0.0831. The molecule has 1 N–H and O–H groups in total. The molecule has 1 fully saturated rings. The fraction of sp³-hybridized carbons (Fsp3) is 0.333. The lowest BCUT2D eigenvalue weighted by atomic mass is 10.1. The van der Waals surface area contributed by atoms with E-state index in [0.29, 0.717) is 11.5 Å². The molecule has 0 spiro atoms. The van der Waals surface area contributed by atoms with Gasteiger partial charge in [-0.05, 0) is 29.8 Å². The Balaban J connectivity index is 1.72. The molecule has 8 heteroatoms. The topological polar surface area (TPSA) is 77.1 Å². The highest BCUT2D eigenvalue weighted by Crippen LogP contribution is 2.27. The van der Waals surface area contributed by atoms with Crippen molar-refractivity contribution < 1.29 is 28.2 Å². The fourth-order valence-corrected chi connectivity index (χ4v) is 3.10. The van der Waals surface area contributed by atoms with Gasteiger partial charge in [0.2, 0.25) is 11.8 Å². The first kappa shape index (κ1) is 20.6. The van der Waals surface area contributed by atoms with Gasteiger partial charge in [0.25, 0.3) is 0 Å². The summed E-state index contributed by atoms with van der Waals surface area (Å²) in [6.45, 7) is 0.438. The first-order chi connectivity index (χ1) is 14.0. The van der Waals surface area contributed by atoms with Gasteiger partial charge in [-0.2, -0.15) is 0 Å². The van der Waals surface area contributed by atoms with Gasteiger partial charge in [-0.25, -0.2) is 4.39 Å². The van der Waals surface area contributed by atoms with Gasteiger partial charge in [0.05, 0.1) is 27.4 Å². The molecule has 154 valence electrons. The Morgan fingerprint density at radius 1 is 1.21 bits per heavy atom. The molecule has 3 rings (SSSR count). The second-order valence-electron chi connectivity index (χ2n) is 6.57. The van der Waals surface area contributed by atoms with Crippen molar-refractivity contribution in [3.63, 3.8) is 0 Å². The fourth-order valence-electron chi connectivity index (χ4n) is 3.10. The van der Waals surface area contributed by atoms with Crippen molar-refractivity contribution in [1.29, 1.82) is 0 Å². The Bertz CT molecular complexity index is 872. The summed E-state index contributed by atoms with van der Waals surface area (Å²) in [6, 6.07) is 10.4. The number of rotatable bonds is 7. The lowest BCUT2D eigenvalue weighted by Gasteiger charge is -2.34. The second kappa shape index (κ2) is 9.38. The average Bonchev–Trinajstić information content (AvgIpc) is 2.74. The molecule has 0 saturated carbocycles. The van der Waals surface area contributed by atoms with E-state index < -0.39 is 6.04 Å². The molecule has 1 aliphatic rings. The van der Waals surface area contributed by atoms with Crippen LogP contribution < -0.4 is 14.8 Å². The van der Waals surface area contributed by atoms with E-state index in [2.05, 4.69) is 5.32 Å². The third-order valence-corrected chi connectivity index (χ3v) is 4.72. The van der Waals surface area contributed by atoms with Crippen LogP contribution in [0.25, 0.3) is 0 Å². The Kier molecular flexibility index (Phi) is 6.66. The van der Waals surface area contributed by atoms with Gasteiger partial charge in [-0.15, -0.1) is 0 Å². The summed E-state index contributed by atoms with van der Waals surface area (Å²) >= 11 is 0. The van der Waals surface area contributed by atoms with Gasteiger partial charge >= 0.3 is 0 Å². The summed E-state index contributed by atoms with van der Waals surface area (Å²) in [4.78, 5) is 26.7. The molecular weight excluding hydrogens is 379 g/mol. The normalized spacial score (nSPS) is 16.4. The van der Waals surface area contributed by atoms with Gasteiger partial charge in [0.15, 0.2) is 0 Å². The van der Waals surface area contributed by atoms with Crippen molar-refractivity contribution in [2.75, 3.05) is 27.4 Å². The molecule has 1 aliphatic heterocycles. The van der Waals surface area contributed by atoms with Crippen LogP contribution >= 0.6 is 0 Å². The number of nitrogens with one attached hydrogen (secondary N) is 1. The molecule has 0 aliphatic carbocycles. The molecule has 0 radical (unpaired) electrons. The molecule has 1 heterocycles. The standard InChI is InChI=1S/C21H23FN2O5/c1-27-17-8-5-15(19(9-17)28-2)11-24-18(12-29-13-20(24)25)21(26)23-10-14-3-6-16(22)7-4-14/h3-9,18H,10-13H2,1-2H3,(H,23,26)/t18-/m0/s1. The molecule has 0 unspecified atom stereocenters. The number of benzene rings is 2. The SMILES string of the molecule is COc1ccc(CN2C(=O)COC[C@H]2C(=O)NCc2ccc(F)cc2)c(OC)c1. The van der Waals surface area contributed by atoms with Gasteiger partial charge in [0.1, 0.15) is 30.0 Å². The van der Waals surface area contributed by atoms with E-state index in [1.165, 1.54) is 24.1 Å². The van der Waals surface area contributed by atoms with E-state index in [0.717, 1.165) is 11.1 Å². The van der Waals surface area contributed by atoms with Crippen LogP contribution in [0.15, 0.2) is 42.5 Å². The maximum Gasteiger partial charge on any atom is 0.249 e. The summed E-state index contributed by atoms with van der Waals surface area (Å²) < 4.78 is 28.9. The highest BCUT2D eigenvalue weighted by atomic mass is 19.1. The van der Waals surface area contributed by atoms with Crippen molar-refractivity contribution in [1.82, 2.24) is 10.2 Å². The van der Waals surface area contributed by atoms with E-state index in [1.807, 2.05) is 0 Å². The molecule has 2 amide bonds. The Morgan fingerprint density at radius 2 is 1.97 bits per heavy atom. The van der Waals surface area contributed by atoms with Crippen LogP contribution in [-0.4, -0.2) is 50.2 Å². The van der Waals surface area contributed by atoms with Crippen LogP contribution in [0.3, 0.4) is 0 Å². The molecule has 0 aromatic heterocycles. The number of methoxy groups -OCH3 is 2. The number of amides is 2. The lowest BCUT2D eigenvalue weighted by Crippen LogP contribution is -2.55. The molecule has 1 saturated heterocycles. The number of ether oxygens (including phenoxy) is 3. The van der Waals surface area contributed by atoms with Crippen LogP contribution in [0.2, 0.25) is 0 Å². The van der Waals surface area contributed by atoms with Crippen LogP contribution in [0.5, 0.6) is 11.5 Å². The Labute approximate surface area is 168 Å². The highest BCUT2D eigenvalue weighted by Gasteiger charge is 2.34. The van der Waals surface area contributed by atoms with Crippen LogP contribution in [0, 0.1) is 5.82 Å². The van der Waals surface area contributed by atoms with Gasteiger partial charge in [-0.3, -0.25) is 9.59 Å². The Hall–Kier alpha value is -3.13. The number of carbonyl (C=O) groups excluding carboxylic acids is 2. The van der Waals surface area contributed by atoms with Gasteiger partial charge < -0.3 is 24.4 Å². The van der Waals surface area contributed by atoms with E-state index in [-0.39, 0.29) is 43.9 Å². The van der Waals surface area contributed by atoms with Gasteiger partial charge in [-0.1, -0.05) is 12.1 Å². The first-order valence-corrected chi connectivity index (χ1v) is 9.12. The minimum atomic E-state index is -0.775. The Morgan fingerprint density at radius 3 is 2.66 bits per heavy atom. The van der Waals surface area contributed by atoms with Crippen molar-refractivity contribution in [3.05, 3.63) is 59.4 Å². The third-order valence-electron chi connectivity index (χ3n) is 4.72. The van der Waals surface area contributed by atoms with Crippen molar-refractivity contribution in [2.24, 2.45) is 0 Å². The van der Waals surface area contributed by atoms with E-state index in [9.17, 15) is 14.0 Å². The lowest BCUT2D eigenvalue weighted by molar-refractivity contribution is -0.155. The summed E-state index contributed by atoms with van der Waals surface area (Å²) in [6.07, 6.45) is 0. The summed E-state index contributed by atoms with van der Waals surface area (Å²) in [5, 5.41) is 2.78. The maximum atomic E-state index is 13.0. The predicted molar refractivity (Wildman–Crippen MR) is 103 cm³/mol. The van der Waals surface area contributed by atoms with Crippen molar-refractivity contribution >= 4 is 11.8 Å². The highest BCUT2D eigenvalue weighted by molar-refractivity contribution is 5.89. The van der Waals surface area contributed by atoms with E-state index in [1.54, 1.807) is 37.4 Å². The molecule has 2 aromatic rings. The van der Waals surface area contributed by atoms with Crippen molar-refractivity contribution in [2.45, 2.75) is 19.1 Å². The zero-order valence-corrected chi connectivity index (χ0v) is 16.3. The number of hydrogen-bond donors (Lipinski definition) is 1. The molecule has 0 bridgehead atoms. The number of halogens is 1. The molecular formula is C21H23FN2O5. The number of nitrogens with zero attached hydrogens (tertiary/aromatic N) is 1. The molecule has 1 atom stereocenters. The number of hydrogen-bond acceptors (Lipinski definition) is 5. The zero-order chi connectivity index (χ0) is 20.8. The zero-order valence-electron chi connectivity index (χ0n) is 16.3. The minimum Gasteiger partial charge on any atom is -0.497 e. The smallest absolute Gasteiger partial charge is 0.249 e. The predicted octanol–water partition coefficient (Wildman–Crippen LogP) is 1.89. The van der Waals surface area contributed by atoms with Crippen LogP contribution in [0.1, 0.15) is 11.1 Å². The third kappa shape index (κ3) is 5.03. The first-order valence-electron chi connectivity index (χ1n) is 9.12. The quantitative estimate of drug-likeness (QED) is 0.765.